The van der Waals surface area contributed by atoms with Crippen molar-refractivity contribution in [2.24, 2.45) is 10.9 Å². The van der Waals surface area contributed by atoms with Crippen molar-refractivity contribution in [2.45, 2.75) is 32.7 Å². The van der Waals surface area contributed by atoms with Crippen LogP contribution < -0.4 is 5.32 Å². The van der Waals surface area contributed by atoms with E-state index in [1.54, 1.807) is 18.5 Å². The summed E-state index contributed by atoms with van der Waals surface area (Å²) in [5, 5.41) is 23.4. The van der Waals surface area contributed by atoms with Gasteiger partial charge in [-0.1, -0.05) is 41.9 Å². The number of nitrogens with zero attached hydrogens (tertiary/aromatic N) is 5. The van der Waals surface area contributed by atoms with Gasteiger partial charge < -0.3 is 14.8 Å². The lowest BCUT2D eigenvalue weighted by molar-refractivity contribution is -0.141. The number of fused-ring (bicyclic) bond motifs is 2. The number of pyridine rings is 1. The molecule has 2 aliphatic heterocycles. The SMILES string of the molecule is Cc1c(-c2nc3cc(CN4CC[C@@H](C(=O)O)C4)cc(C#N)c3o2)cccc1-c1cccc(Nc2cncc3c2N=C/C=C\CC3)c1Cl. The Morgan fingerprint density at radius 3 is 2.81 bits per heavy atom. The van der Waals surface area contributed by atoms with Crippen molar-refractivity contribution in [3.8, 4) is 28.7 Å². The van der Waals surface area contributed by atoms with Gasteiger partial charge in [-0.3, -0.25) is 19.7 Å². The fraction of sp³-hybridized carbons (Fsp3) is 0.216. The van der Waals surface area contributed by atoms with E-state index in [1.165, 1.54) is 0 Å². The summed E-state index contributed by atoms with van der Waals surface area (Å²) in [6, 6.07) is 17.8. The molecule has 0 unspecified atom stereocenters. The molecule has 1 saturated heterocycles. The van der Waals surface area contributed by atoms with Gasteiger partial charge in [-0.15, -0.1) is 0 Å². The van der Waals surface area contributed by atoms with Crippen LogP contribution in [0.5, 0.6) is 0 Å². The lowest BCUT2D eigenvalue weighted by Crippen LogP contribution is -2.22. The minimum atomic E-state index is -0.769. The normalized spacial score (nSPS) is 16.7. The number of halogens is 1. The van der Waals surface area contributed by atoms with Crippen LogP contribution >= 0.6 is 11.6 Å². The van der Waals surface area contributed by atoms with Crippen LogP contribution in [0.15, 0.2) is 82.5 Å². The molecule has 0 aliphatic carbocycles. The van der Waals surface area contributed by atoms with Crippen LogP contribution in [0.2, 0.25) is 5.02 Å². The van der Waals surface area contributed by atoms with Crippen LogP contribution in [-0.4, -0.2) is 45.2 Å². The molecule has 234 valence electrons. The molecule has 1 atom stereocenters. The second kappa shape index (κ2) is 12.8. The smallest absolute Gasteiger partial charge is 0.307 e. The van der Waals surface area contributed by atoms with Gasteiger partial charge in [0, 0.05) is 36.6 Å². The van der Waals surface area contributed by atoms with Gasteiger partial charge >= 0.3 is 5.97 Å². The maximum Gasteiger partial charge on any atom is 0.307 e. The molecule has 5 aromatic rings. The van der Waals surface area contributed by atoms with Gasteiger partial charge in [0.25, 0.3) is 0 Å². The van der Waals surface area contributed by atoms with E-state index in [0.29, 0.717) is 53.6 Å². The molecule has 0 saturated carbocycles. The number of aliphatic imine (C=N–C) groups is 1. The number of carboxylic acid groups (broad SMARTS) is 1. The molecule has 0 spiro atoms. The van der Waals surface area contributed by atoms with Crippen LogP contribution in [0.4, 0.5) is 17.1 Å². The Morgan fingerprint density at radius 1 is 1.15 bits per heavy atom. The van der Waals surface area contributed by atoms with Crippen LogP contribution in [0.3, 0.4) is 0 Å². The van der Waals surface area contributed by atoms with Crippen LogP contribution in [0.1, 0.15) is 35.1 Å². The number of carboxylic acids is 1. The highest BCUT2D eigenvalue weighted by Gasteiger charge is 2.28. The highest BCUT2D eigenvalue weighted by atomic mass is 35.5. The van der Waals surface area contributed by atoms with Gasteiger partial charge in [-0.05, 0) is 85.3 Å². The number of aliphatic carboxylic acids is 1. The number of benzene rings is 3. The zero-order chi connectivity index (χ0) is 32.5. The largest absolute Gasteiger partial charge is 0.481 e. The van der Waals surface area contributed by atoms with E-state index in [-0.39, 0.29) is 5.92 Å². The number of anilines is 2. The highest BCUT2D eigenvalue weighted by Crippen LogP contribution is 2.41. The standard InChI is InChI=1S/C37H31ClN6O3/c1-22-27(29-10-6-11-30(33(29)38)42-32-19-40-18-24-7-3-2-4-13-41-34(24)32)8-5-9-28(22)36-43-31-16-23(15-26(17-39)35(31)47-36)20-44-14-12-25(21-44)37(45)46/h2,4-6,8-11,13,15-16,18-19,25,42H,3,7,12,14,20-21H2,1H3,(H,45,46)/b4-2-,41-13?/t25-/m1/s1. The van der Waals surface area contributed by atoms with E-state index in [0.717, 1.165) is 63.3 Å². The molecule has 10 heteroatoms. The molecular weight excluding hydrogens is 612 g/mol. The monoisotopic (exact) mass is 642 g/mol. The van der Waals surface area contributed by atoms with Crippen LogP contribution in [-0.2, 0) is 17.8 Å². The predicted octanol–water partition coefficient (Wildman–Crippen LogP) is 8.25. The molecule has 1 fully saturated rings. The molecule has 7 rings (SSSR count). The van der Waals surface area contributed by atoms with Gasteiger partial charge in [0.1, 0.15) is 11.6 Å². The molecule has 3 aromatic carbocycles. The number of likely N-dealkylation sites (tertiary alicyclic amines) is 1. The first-order valence-corrected chi connectivity index (χ1v) is 15.9. The number of rotatable bonds is 7. The van der Waals surface area contributed by atoms with Crippen molar-refractivity contribution in [3.63, 3.8) is 0 Å². The Labute approximate surface area is 276 Å². The maximum atomic E-state index is 11.4. The van der Waals surface area contributed by atoms with E-state index < -0.39 is 5.97 Å². The molecule has 0 radical (unpaired) electrons. The van der Waals surface area contributed by atoms with Gasteiger partial charge in [-0.2, -0.15) is 5.26 Å². The third-order valence-corrected chi connectivity index (χ3v) is 9.23. The molecule has 0 bridgehead atoms. The number of nitrogens with one attached hydrogen (secondary N) is 1. The summed E-state index contributed by atoms with van der Waals surface area (Å²) in [5.74, 6) is -0.727. The second-order valence-corrected chi connectivity index (χ2v) is 12.3. The Hall–Kier alpha value is -5.30. The first-order valence-electron chi connectivity index (χ1n) is 15.5. The molecule has 2 N–H and O–H groups in total. The molecule has 0 amide bonds. The number of aromatic nitrogens is 2. The van der Waals surface area contributed by atoms with Gasteiger partial charge in [0.05, 0.1) is 39.8 Å². The lowest BCUT2D eigenvalue weighted by atomic mass is 9.96. The Balaban J connectivity index is 1.21. The van der Waals surface area contributed by atoms with Crippen molar-refractivity contribution in [2.75, 3.05) is 18.4 Å². The van der Waals surface area contributed by atoms with Crippen molar-refractivity contribution in [1.82, 2.24) is 14.9 Å². The minimum absolute atomic E-state index is 0.366. The number of hydrogen-bond donors (Lipinski definition) is 2. The predicted molar refractivity (Wildman–Crippen MR) is 183 cm³/mol. The molecule has 9 nitrogen and oxygen atoms in total. The molecule has 2 aromatic heterocycles. The minimum Gasteiger partial charge on any atom is -0.481 e. The highest BCUT2D eigenvalue weighted by molar-refractivity contribution is 6.36. The lowest BCUT2D eigenvalue weighted by Gasteiger charge is -2.17. The molecular formula is C37H31ClN6O3. The van der Waals surface area contributed by atoms with Gasteiger partial charge in [-0.25, -0.2) is 4.98 Å². The summed E-state index contributed by atoms with van der Waals surface area (Å²) in [6.45, 7) is 3.73. The third-order valence-electron chi connectivity index (χ3n) is 8.82. The maximum absolute atomic E-state index is 11.4. The fourth-order valence-corrected chi connectivity index (χ4v) is 6.67. The first-order chi connectivity index (χ1) is 22.9. The fourth-order valence-electron chi connectivity index (χ4n) is 6.39. The Bertz CT molecular complexity index is 2130. The molecule has 2 aliphatic rings. The summed E-state index contributed by atoms with van der Waals surface area (Å²) >= 11 is 7.08. The second-order valence-electron chi connectivity index (χ2n) is 11.9. The zero-order valence-electron chi connectivity index (χ0n) is 25.7. The van der Waals surface area contributed by atoms with Crippen molar-refractivity contribution in [1.29, 1.82) is 5.26 Å². The Morgan fingerprint density at radius 2 is 1.98 bits per heavy atom. The van der Waals surface area contributed by atoms with Gasteiger partial charge in [0.2, 0.25) is 5.89 Å². The van der Waals surface area contributed by atoms with E-state index >= 15 is 0 Å². The van der Waals surface area contributed by atoms with Crippen molar-refractivity contribution < 1.29 is 14.3 Å². The number of allylic oxidation sites excluding steroid dienone is 2. The van der Waals surface area contributed by atoms with E-state index in [9.17, 15) is 15.2 Å². The number of hydrogen-bond acceptors (Lipinski definition) is 8. The first kappa shape index (κ1) is 30.4. The van der Waals surface area contributed by atoms with E-state index in [4.69, 9.17) is 21.0 Å². The summed E-state index contributed by atoms with van der Waals surface area (Å²) in [4.78, 5) is 27.4. The van der Waals surface area contributed by atoms with Crippen LogP contribution in [0.25, 0.3) is 33.7 Å². The average Bonchev–Trinajstić information content (AvgIpc) is 3.70. The van der Waals surface area contributed by atoms with E-state index in [1.807, 2.05) is 61.7 Å². The zero-order valence-corrected chi connectivity index (χ0v) is 26.5. The average molecular weight is 643 g/mol. The van der Waals surface area contributed by atoms with Crippen molar-refractivity contribution in [3.05, 3.63) is 100 Å². The summed E-state index contributed by atoms with van der Waals surface area (Å²) in [5.41, 5.74) is 9.22. The number of aryl methyl sites for hydroxylation is 1. The topological polar surface area (TPSA) is 128 Å². The summed E-state index contributed by atoms with van der Waals surface area (Å²) in [6.07, 6.45) is 11.9. The number of oxazole rings is 1. The number of carbonyl (C=O) groups is 1. The third kappa shape index (κ3) is 6.01. The van der Waals surface area contributed by atoms with Crippen LogP contribution in [0, 0.1) is 24.2 Å². The van der Waals surface area contributed by atoms with Gasteiger partial charge in [0.15, 0.2) is 5.58 Å². The van der Waals surface area contributed by atoms with E-state index in [2.05, 4.69) is 32.3 Å². The molecule has 4 heterocycles. The number of nitriles is 1. The van der Waals surface area contributed by atoms with Crippen molar-refractivity contribution >= 4 is 51.9 Å². The quantitative estimate of drug-likeness (QED) is 0.182. The summed E-state index contributed by atoms with van der Waals surface area (Å²) < 4.78 is 6.23. The Kier molecular flexibility index (Phi) is 8.29. The molecule has 47 heavy (non-hydrogen) atoms. The summed E-state index contributed by atoms with van der Waals surface area (Å²) in [7, 11) is 0.